The molecule has 2 aromatic carbocycles. The number of benzene rings is 2. The first-order valence-corrected chi connectivity index (χ1v) is 8.42. The van der Waals surface area contributed by atoms with Gasteiger partial charge in [-0.05, 0) is 49.2 Å². The molecule has 0 aliphatic rings. The zero-order valence-electron chi connectivity index (χ0n) is 14.6. The molecule has 0 atom stereocenters. The molecule has 2 heterocycles. The summed E-state index contributed by atoms with van der Waals surface area (Å²) in [6.45, 7) is 3.97. The van der Waals surface area contributed by atoms with Crippen molar-refractivity contribution in [1.29, 1.82) is 0 Å². The number of nitrogens with two attached hydrogens (primary N) is 1. The number of fused-ring (bicyclic) bond motifs is 1. The highest BCUT2D eigenvalue weighted by Gasteiger charge is 2.11. The highest BCUT2D eigenvalue weighted by Crippen LogP contribution is 2.23. The number of anilines is 1. The quantitative estimate of drug-likeness (QED) is 0.453. The SMILES string of the molecule is CCc1nn(-c2ccc3cc(-c4ccc(N)cc4)c(=O)oc3c2)nc1C. The Labute approximate surface area is 149 Å². The fraction of sp³-hybridized carbons (Fsp3) is 0.150. The second kappa shape index (κ2) is 6.15. The standard InChI is InChI=1S/C20H18N4O2/c1-3-18-12(2)22-24(23-18)16-9-6-14-10-17(20(25)26-19(14)11-16)13-4-7-15(21)8-5-13/h4-11H,3,21H2,1-2H3. The van der Waals surface area contributed by atoms with Gasteiger partial charge in [0.2, 0.25) is 0 Å². The molecule has 26 heavy (non-hydrogen) atoms. The molecule has 2 N–H and O–H groups in total. The maximum absolute atomic E-state index is 12.4. The van der Waals surface area contributed by atoms with Gasteiger partial charge in [0.25, 0.3) is 0 Å². The molecule has 0 aliphatic heterocycles. The molecule has 6 heteroatoms. The van der Waals surface area contributed by atoms with Crippen molar-refractivity contribution in [2.45, 2.75) is 20.3 Å². The Morgan fingerprint density at radius 3 is 2.54 bits per heavy atom. The summed E-state index contributed by atoms with van der Waals surface area (Å²) in [4.78, 5) is 14.0. The van der Waals surface area contributed by atoms with E-state index in [-0.39, 0.29) is 0 Å². The monoisotopic (exact) mass is 346 g/mol. The maximum Gasteiger partial charge on any atom is 0.344 e. The minimum atomic E-state index is -0.390. The van der Waals surface area contributed by atoms with Crippen LogP contribution in [0.1, 0.15) is 18.3 Å². The molecule has 4 aromatic rings. The molecule has 0 saturated carbocycles. The molecule has 0 spiro atoms. The average Bonchev–Trinajstić information content (AvgIpc) is 3.02. The predicted molar refractivity (Wildman–Crippen MR) is 101 cm³/mol. The lowest BCUT2D eigenvalue weighted by molar-refractivity contribution is 0.562. The molecule has 6 nitrogen and oxygen atoms in total. The maximum atomic E-state index is 12.4. The number of aromatic nitrogens is 3. The molecule has 2 aromatic heterocycles. The molecule has 0 unspecified atom stereocenters. The highest BCUT2D eigenvalue weighted by molar-refractivity contribution is 5.83. The van der Waals surface area contributed by atoms with Crippen molar-refractivity contribution < 1.29 is 4.42 Å². The van der Waals surface area contributed by atoms with Gasteiger partial charge in [-0.3, -0.25) is 0 Å². The highest BCUT2D eigenvalue weighted by atomic mass is 16.4. The first-order valence-electron chi connectivity index (χ1n) is 8.42. The van der Waals surface area contributed by atoms with E-state index in [1.54, 1.807) is 23.0 Å². The van der Waals surface area contributed by atoms with Gasteiger partial charge in [-0.25, -0.2) is 4.79 Å². The number of hydrogen-bond donors (Lipinski definition) is 1. The van der Waals surface area contributed by atoms with Crippen LogP contribution in [0.2, 0.25) is 0 Å². The lowest BCUT2D eigenvalue weighted by Gasteiger charge is -2.05. The van der Waals surface area contributed by atoms with Gasteiger partial charge >= 0.3 is 5.63 Å². The summed E-state index contributed by atoms with van der Waals surface area (Å²) < 4.78 is 5.55. The zero-order chi connectivity index (χ0) is 18.3. The van der Waals surface area contributed by atoms with Crippen molar-refractivity contribution in [3.05, 3.63) is 70.3 Å². The van der Waals surface area contributed by atoms with E-state index in [9.17, 15) is 4.79 Å². The van der Waals surface area contributed by atoms with Crippen LogP contribution in [0, 0.1) is 6.92 Å². The lowest BCUT2D eigenvalue weighted by atomic mass is 10.1. The molecule has 130 valence electrons. The van der Waals surface area contributed by atoms with Crippen molar-refractivity contribution in [1.82, 2.24) is 15.0 Å². The van der Waals surface area contributed by atoms with Crippen LogP contribution < -0.4 is 11.4 Å². The van der Waals surface area contributed by atoms with Crippen molar-refractivity contribution >= 4 is 16.7 Å². The van der Waals surface area contributed by atoms with E-state index in [1.807, 2.05) is 44.2 Å². The molecular weight excluding hydrogens is 328 g/mol. The number of hydrogen-bond acceptors (Lipinski definition) is 5. The van der Waals surface area contributed by atoms with E-state index in [0.717, 1.165) is 34.4 Å². The van der Waals surface area contributed by atoms with Gasteiger partial charge in [0, 0.05) is 17.1 Å². The van der Waals surface area contributed by atoms with E-state index in [2.05, 4.69) is 10.2 Å². The lowest BCUT2D eigenvalue weighted by Crippen LogP contribution is -2.04. The Balaban J connectivity index is 1.81. The van der Waals surface area contributed by atoms with Gasteiger partial charge in [-0.15, -0.1) is 0 Å². The van der Waals surface area contributed by atoms with Crippen LogP contribution >= 0.6 is 0 Å². The molecule has 0 fully saturated rings. The van der Waals surface area contributed by atoms with Crippen molar-refractivity contribution in [3.63, 3.8) is 0 Å². The van der Waals surface area contributed by atoms with Gasteiger partial charge in [-0.1, -0.05) is 19.1 Å². The van der Waals surface area contributed by atoms with Crippen LogP contribution in [0.15, 0.2) is 57.7 Å². The predicted octanol–water partition coefficient (Wildman–Crippen LogP) is 3.49. The summed E-state index contributed by atoms with van der Waals surface area (Å²) in [6.07, 6.45) is 0.819. The largest absolute Gasteiger partial charge is 0.422 e. The summed E-state index contributed by atoms with van der Waals surface area (Å²) in [7, 11) is 0. The Morgan fingerprint density at radius 1 is 1.08 bits per heavy atom. The third-order valence-corrected chi connectivity index (χ3v) is 4.38. The van der Waals surface area contributed by atoms with Crippen LogP contribution in [0.3, 0.4) is 0 Å². The third kappa shape index (κ3) is 2.75. The molecule has 0 amide bonds. The Kier molecular flexibility index (Phi) is 3.80. The van der Waals surface area contributed by atoms with Gasteiger partial charge in [0.15, 0.2) is 0 Å². The van der Waals surface area contributed by atoms with E-state index in [1.165, 1.54) is 0 Å². The second-order valence-corrected chi connectivity index (χ2v) is 6.17. The Bertz CT molecular complexity index is 1160. The number of rotatable bonds is 3. The molecule has 0 aliphatic carbocycles. The van der Waals surface area contributed by atoms with Crippen LogP contribution in [0.4, 0.5) is 5.69 Å². The van der Waals surface area contributed by atoms with Crippen molar-refractivity contribution in [3.8, 4) is 16.8 Å². The van der Waals surface area contributed by atoms with Crippen LogP contribution in [-0.4, -0.2) is 15.0 Å². The topological polar surface area (TPSA) is 86.9 Å². The fourth-order valence-electron chi connectivity index (χ4n) is 2.94. The third-order valence-electron chi connectivity index (χ3n) is 4.38. The average molecular weight is 346 g/mol. The number of nitrogens with zero attached hydrogens (tertiary/aromatic N) is 3. The van der Waals surface area contributed by atoms with Gasteiger partial charge in [0.1, 0.15) is 5.58 Å². The first-order chi connectivity index (χ1) is 12.5. The minimum absolute atomic E-state index is 0.390. The molecule has 0 bridgehead atoms. The minimum Gasteiger partial charge on any atom is -0.422 e. The van der Waals surface area contributed by atoms with Gasteiger partial charge < -0.3 is 10.2 Å². The summed E-state index contributed by atoms with van der Waals surface area (Å²) in [5, 5.41) is 9.74. The van der Waals surface area contributed by atoms with Crippen molar-refractivity contribution in [2.24, 2.45) is 0 Å². The number of nitrogen functional groups attached to an aromatic ring is 1. The van der Waals surface area contributed by atoms with Gasteiger partial charge in [0.05, 0.1) is 22.6 Å². The van der Waals surface area contributed by atoms with Crippen LogP contribution in [0.5, 0.6) is 0 Å². The molecule has 0 radical (unpaired) electrons. The van der Waals surface area contributed by atoms with Crippen LogP contribution in [0.25, 0.3) is 27.8 Å². The van der Waals surface area contributed by atoms with E-state index < -0.39 is 5.63 Å². The van der Waals surface area contributed by atoms with Crippen molar-refractivity contribution in [2.75, 3.05) is 5.73 Å². The molecular formula is C20H18N4O2. The van der Waals surface area contributed by atoms with E-state index in [0.29, 0.717) is 16.8 Å². The van der Waals surface area contributed by atoms with E-state index >= 15 is 0 Å². The Morgan fingerprint density at radius 2 is 1.85 bits per heavy atom. The van der Waals surface area contributed by atoms with E-state index in [4.69, 9.17) is 10.2 Å². The zero-order valence-corrected chi connectivity index (χ0v) is 14.6. The summed E-state index contributed by atoms with van der Waals surface area (Å²) in [6, 6.07) is 14.6. The molecule has 0 saturated heterocycles. The van der Waals surface area contributed by atoms with Crippen LogP contribution in [-0.2, 0) is 6.42 Å². The van der Waals surface area contributed by atoms with Gasteiger partial charge in [-0.2, -0.15) is 15.0 Å². The summed E-state index contributed by atoms with van der Waals surface area (Å²) >= 11 is 0. The summed E-state index contributed by atoms with van der Waals surface area (Å²) in [5.74, 6) is 0. The number of aryl methyl sites for hydroxylation is 2. The smallest absolute Gasteiger partial charge is 0.344 e. The summed E-state index contributed by atoms with van der Waals surface area (Å²) in [5.41, 5.74) is 10.3. The Hall–Kier alpha value is -3.41. The fourth-order valence-corrected chi connectivity index (χ4v) is 2.94. The first kappa shape index (κ1) is 16.1. The normalized spacial score (nSPS) is 11.2. The molecule has 4 rings (SSSR count). The second-order valence-electron chi connectivity index (χ2n) is 6.17.